The molecule has 0 aromatic heterocycles. The van der Waals surface area contributed by atoms with Crippen LogP contribution in [0.25, 0.3) is 6.08 Å². The van der Waals surface area contributed by atoms with Crippen molar-refractivity contribution in [3.05, 3.63) is 86.7 Å². The number of nitrogens with one attached hydrogen (secondary N) is 1. The standard InChI is InChI=1S/C27H22Cl2N2O4S2/c1-3-34-22-13-17(14-23-26(33)31(27(36)37-23)20-10-6-18(28)7-11-20)12-21(29)25(22)35-15-24(32)30-19-8-4-16(2)5-9-19/h4-14H,3,15H2,1-2H3,(H,30,32)/b23-14-. The zero-order chi connectivity index (χ0) is 26.5. The van der Waals surface area contributed by atoms with Crippen LogP contribution in [0.4, 0.5) is 11.4 Å². The molecule has 0 bridgehead atoms. The van der Waals surface area contributed by atoms with Gasteiger partial charge < -0.3 is 14.8 Å². The van der Waals surface area contributed by atoms with Crippen LogP contribution in [-0.4, -0.2) is 29.3 Å². The monoisotopic (exact) mass is 572 g/mol. The first-order valence-corrected chi connectivity index (χ1v) is 13.2. The normalized spacial score (nSPS) is 14.3. The predicted octanol–water partition coefficient (Wildman–Crippen LogP) is 7.12. The van der Waals surface area contributed by atoms with Crippen LogP contribution in [0.1, 0.15) is 18.1 Å². The Morgan fingerprint density at radius 1 is 1.08 bits per heavy atom. The lowest BCUT2D eigenvalue weighted by Gasteiger charge is -2.15. The minimum atomic E-state index is -0.336. The van der Waals surface area contributed by atoms with Crippen molar-refractivity contribution in [2.24, 2.45) is 0 Å². The Hall–Kier alpha value is -3.04. The van der Waals surface area contributed by atoms with Gasteiger partial charge in [0, 0.05) is 10.7 Å². The summed E-state index contributed by atoms with van der Waals surface area (Å²) in [5, 5.41) is 3.59. The third kappa shape index (κ3) is 6.64. The highest BCUT2D eigenvalue weighted by Crippen LogP contribution is 2.40. The lowest BCUT2D eigenvalue weighted by atomic mass is 10.1. The largest absolute Gasteiger partial charge is 0.490 e. The molecule has 1 aliphatic heterocycles. The molecule has 0 radical (unpaired) electrons. The summed E-state index contributed by atoms with van der Waals surface area (Å²) < 4.78 is 11.9. The zero-order valence-electron chi connectivity index (χ0n) is 19.9. The summed E-state index contributed by atoms with van der Waals surface area (Å²) in [6.45, 7) is 3.89. The van der Waals surface area contributed by atoms with Crippen molar-refractivity contribution in [2.45, 2.75) is 13.8 Å². The number of rotatable bonds is 8. The van der Waals surface area contributed by atoms with Crippen LogP contribution in [0.3, 0.4) is 0 Å². The smallest absolute Gasteiger partial charge is 0.270 e. The van der Waals surface area contributed by atoms with E-state index in [0.29, 0.717) is 43.5 Å². The van der Waals surface area contributed by atoms with E-state index >= 15 is 0 Å². The predicted molar refractivity (Wildman–Crippen MR) is 155 cm³/mol. The highest BCUT2D eigenvalue weighted by molar-refractivity contribution is 8.27. The minimum Gasteiger partial charge on any atom is -0.490 e. The van der Waals surface area contributed by atoms with E-state index in [-0.39, 0.29) is 29.2 Å². The van der Waals surface area contributed by atoms with Gasteiger partial charge in [0.15, 0.2) is 22.4 Å². The van der Waals surface area contributed by atoms with Gasteiger partial charge in [0.25, 0.3) is 11.8 Å². The summed E-state index contributed by atoms with van der Waals surface area (Å²) in [4.78, 5) is 27.4. The van der Waals surface area contributed by atoms with Crippen LogP contribution in [-0.2, 0) is 9.59 Å². The highest BCUT2D eigenvalue weighted by Gasteiger charge is 2.33. The molecular formula is C27H22Cl2N2O4S2. The first kappa shape index (κ1) is 27.0. The Balaban J connectivity index is 1.51. The van der Waals surface area contributed by atoms with Crippen LogP contribution < -0.4 is 19.7 Å². The van der Waals surface area contributed by atoms with Gasteiger partial charge >= 0.3 is 0 Å². The summed E-state index contributed by atoms with van der Waals surface area (Å²) in [6.07, 6.45) is 1.69. The van der Waals surface area contributed by atoms with Gasteiger partial charge in [-0.15, -0.1) is 0 Å². The number of carbonyl (C=O) groups is 2. The SMILES string of the molecule is CCOc1cc(/C=C2\SC(=S)N(c3ccc(Cl)cc3)C2=O)cc(Cl)c1OCC(=O)Nc1ccc(C)cc1. The highest BCUT2D eigenvalue weighted by atomic mass is 35.5. The van der Waals surface area contributed by atoms with Crippen LogP contribution in [0.15, 0.2) is 65.6 Å². The third-order valence-electron chi connectivity index (χ3n) is 5.19. The van der Waals surface area contributed by atoms with Crippen molar-refractivity contribution in [3.63, 3.8) is 0 Å². The minimum absolute atomic E-state index is 0.244. The van der Waals surface area contributed by atoms with Gasteiger partial charge in [-0.3, -0.25) is 14.5 Å². The van der Waals surface area contributed by atoms with Crippen molar-refractivity contribution in [2.75, 3.05) is 23.4 Å². The number of anilines is 2. The van der Waals surface area contributed by atoms with Crippen molar-refractivity contribution < 1.29 is 19.1 Å². The number of thiocarbonyl (C=S) groups is 1. The molecule has 0 spiro atoms. The maximum Gasteiger partial charge on any atom is 0.270 e. The summed E-state index contributed by atoms with van der Waals surface area (Å²) in [7, 11) is 0. The van der Waals surface area contributed by atoms with E-state index in [1.807, 2.05) is 38.1 Å². The molecule has 1 aliphatic rings. The van der Waals surface area contributed by atoms with E-state index in [9.17, 15) is 9.59 Å². The number of nitrogens with zero attached hydrogens (tertiary/aromatic N) is 1. The summed E-state index contributed by atoms with van der Waals surface area (Å²) in [5.74, 6) is 0.0165. The molecule has 0 unspecified atom stereocenters. The lowest BCUT2D eigenvalue weighted by Crippen LogP contribution is -2.27. The molecule has 6 nitrogen and oxygen atoms in total. The molecule has 37 heavy (non-hydrogen) atoms. The molecule has 4 rings (SSSR count). The third-order valence-corrected chi connectivity index (χ3v) is 7.03. The van der Waals surface area contributed by atoms with Gasteiger partial charge in [-0.2, -0.15) is 0 Å². The van der Waals surface area contributed by atoms with E-state index in [2.05, 4.69) is 5.32 Å². The molecule has 10 heteroatoms. The Morgan fingerprint density at radius 2 is 1.78 bits per heavy atom. The van der Waals surface area contributed by atoms with Crippen molar-refractivity contribution in [3.8, 4) is 11.5 Å². The molecule has 3 aromatic rings. The molecule has 1 N–H and O–H groups in total. The van der Waals surface area contributed by atoms with Crippen LogP contribution in [0.2, 0.25) is 10.0 Å². The fourth-order valence-corrected chi connectivity index (χ4v) is 5.18. The molecular weight excluding hydrogens is 551 g/mol. The second-order valence-corrected chi connectivity index (χ2v) is 10.5. The first-order chi connectivity index (χ1) is 17.7. The average Bonchev–Trinajstić information content (AvgIpc) is 3.13. The van der Waals surface area contributed by atoms with Gasteiger partial charge in [-0.1, -0.05) is 64.9 Å². The number of hydrogen-bond donors (Lipinski definition) is 1. The molecule has 0 atom stereocenters. The van der Waals surface area contributed by atoms with E-state index in [1.54, 1.807) is 42.5 Å². The molecule has 1 saturated heterocycles. The quantitative estimate of drug-likeness (QED) is 0.229. The molecule has 1 heterocycles. The molecule has 1 fully saturated rings. The number of halogens is 2. The lowest BCUT2D eigenvalue weighted by molar-refractivity contribution is -0.118. The van der Waals surface area contributed by atoms with Crippen molar-refractivity contribution in [1.82, 2.24) is 0 Å². The van der Waals surface area contributed by atoms with E-state index < -0.39 is 0 Å². The van der Waals surface area contributed by atoms with E-state index in [0.717, 1.165) is 5.56 Å². The van der Waals surface area contributed by atoms with Crippen molar-refractivity contribution >= 4 is 80.8 Å². The topological polar surface area (TPSA) is 67.9 Å². The average molecular weight is 574 g/mol. The van der Waals surface area contributed by atoms with Crippen LogP contribution in [0, 0.1) is 6.92 Å². The fraction of sp³-hybridized carbons (Fsp3) is 0.148. The molecule has 190 valence electrons. The number of carbonyl (C=O) groups excluding carboxylic acids is 2. The summed E-state index contributed by atoms with van der Waals surface area (Å²) in [6, 6.07) is 17.7. The maximum atomic E-state index is 13.1. The number of amides is 2. The van der Waals surface area contributed by atoms with Gasteiger partial charge in [0.1, 0.15) is 0 Å². The zero-order valence-corrected chi connectivity index (χ0v) is 23.1. The van der Waals surface area contributed by atoms with Gasteiger partial charge in [-0.05, 0) is 74.0 Å². The fourth-order valence-electron chi connectivity index (χ4n) is 3.48. The van der Waals surface area contributed by atoms with Crippen LogP contribution in [0.5, 0.6) is 11.5 Å². The van der Waals surface area contributed by atoms with Gasteiger partial charge in [0.2, 0.25) is 0 Å². The molecule has 0 aliphatic carbocycles. The Morgan fingerprint density at radius 3 is 2.46 bits per heavy atom. The maximum absolute atomic E-state index is 13.1. The van der Waals surface area contributed by atoms with Crippen LogP contribution >= 0.6 is 47.2 Å². The molecule has 2 amide bonds. The molecule has 0 saturated carbocycles. The Bertz CT molecular complexity index is 1380. The van der Waals surface area contributed by atoms with E-state index in [4.69, 9.17) is 44.9 Å². The number of ether oxygens (including phenoxy) is 2. The number of thioether (sulfide) groups is 1. The Kier molecular flexibility index (Phi) is 8.76. The van der Waals surface area contributed by atoms with Gasteiger partial charge in [0.05, 0.1) is 22.2 Å². The first-order valence-electron chi connectivity index (χ1n) is 11.2. The molecule has 3 aromatic carbocycles. The number of benzene rings is 3. The summed E-state index contributed by atoms with van der Waals surface area (Å²) >= 11 is 19.1. The number of hydrogen-bond acceptors (Lipinski definition) is 6. The van der Waals surface area contributed by atoms with Gasteiger partial charge in [-0.25, -0.2) is 0 Å². The second kappa shape index (κ2) is 12.0. The second-order valence-electron chi connectivity index (χ2n) is 7.96. The summed E-state index contributed by atoms with van der Waals surface area (Å²) in [5.41, 5.74) is 3.02. The van der Waals surface area contributed by atoms with E-state index in [1.165, 1.54) is 16.7 Å². The van der Waals surface area contributed by atoms with Crippen molar-refractivity contribution in [1.29, 1.82) is 0 Å². The number of aryl methyl sites for hydroxylation is 1. The Labute approximate surface area is 234 Å².